The van der Waals surface area contributed by atoms with E-state index in [0.717, 1.165) is 81.8 Å². The van der Waals surface area contributed by atoms with Crippen molar-refractivity contribution < 1.29 is 9.66 Å². The molecular formula is C59H118N2O3. The van der Waals surface area contributed by atoms with Crippen LogP contribution in [0, 0.1) is 21.2 Å². The minimum absolute atomic E-state index is 0.0220. The molecule has 0 bridgehead atoms. The number of nitrogens with zero attached hydrogens (tertiary/aromatic N) is 2. The minimum atomic E-state index is -0.252. The van der Waals surface area contributed by atoms with Crippen molar-refractivity contribution in [2.45, 2.75) is 368 Å². The van der Waals surface area contributed by atoms with Gasteiger partial charge in [-0.1, -0.05) is 323 Å². The number of rotatable bonds is 54. The lowest BCUT2D eigenvalue weighted by atomic mass is 9.92. The smallest absolute Gasteiger partial charge is 0.485 e. The van der Waals surface area contributed by atoms with Gasteiger partial charge in [0.1, 0.15) is 10.8 Å². The van der Waals surface area contributed by atoms with E-state index in [4.69, 9.17) is 0 Å². The first-order valence-corrected chi connectivity index (χ1v) is 30.0. The van der Waals surface area contributed by atoms with Gasteiger partial charge in [-0.15, -0.1) is 4.74 Å². The summed E-state index contributed by atoms with van der Waals surface area (Å²) in [6, 6.07) is -0.252. The van der Waals surface area contributed by atoms with Gasteiger partial charge in [0.15, 0.2) is 6.04 Å². The lowest BCUT2D eigenvalue weighted by Crippen LogP contribution is -2.37. The third-order valence-corrected chi connectivity index (χ3v) is 14.7. The lowest BCUT2D eigenvalue weighted by Gasteiger charge is -2.20. The summed E-state index contributed by atoms with van der Waals surface area (Å²) in [5, 5.41) is 27.5. The Labute approximate surface area is 402 Å². The highest BCUT2D eigenvalue weighted by Crippen LogP contribution is 2.25. The molecule has 0 aliphatic rings. The summed E-state index contributed by atoms with van der Waals surface area (Å²) < 4.78 is 1.00. The molecule has 0 heterocycles. The summed E-state index contributed by atoms with van der Waals surface area (Å²) in [7, 11) is 0. The molecule has 0 saturated carbocycles. The molecule has 0 N–H and O–H groups in total. The van der Waals surface area contributed by atoms with E-state index in [9.17, 15) is 15.3 Å². The van der Waals surface area contributed by atoms with E-state index in [0.29, 0.717) is 0 Å². The molecule has 2 atom stereocenters. The lowest BCUT2D eigenvalue weighted by molar-refractivity contribution is -0.561. The van der Waals surface area contributed by atoms with Crippen LogP contribution in [-0.4, -0.2) is 21.5 Å². The van der Waals surface area contributed by atoms with Gasteiger partial charge < -0.3 is 5.21 Å². The number of hydroxylamine groups is 1. The van der Waals surface area contributed by atoms with Crippen LogP contribution in [-0.2, 0) is 0 Å². The molecule has 64 heavy (non-hydrogen) atoms. The van der Waals surface area contributed by atoms with Crippen LogP contribution >= 0.6 is 0 Å². The molecule has 0 aliphatic heterocycles. The first-order valence-electron chi connectivity index (χ1n) is 30.0. The highest BCUT2D eigenvalue weighted by molar-refractivity contribution is 5.71. The molecule has 382 valence electrons. The quantitative estimate of drug-likeness (QED) is 0.0116. The van der Waals surface area contributed by atoms with Crippen LogP contribution in [0.25, 0.3) is 0 Å². The Bertz CT molecular complexity index is 952. The maximum atomic E-state index is 14.5. The fourth-order valence-electron chi connectivity index (χ4n) is 10.3. The molecule has 0 fully saturated rings. The Kier molecular flexibility index (Phi) is 51.9. The first kappa shape index (κ1) is 62.9. The Morgan fingerprint density at radius 1 is 0.281 bits per heavy atom. The molecule has 0 aromatic carbocycles. The van der Waals surface area contributed by atoms with E-state index < -0.39 is 0 Å². The summed E-state index contributed by atoms with van der Waals surface area (Å²) >= 11 is 0. The summed E-state index contributed by atoms with van der Waals surface area (Å²) in [4.78, 5) is 12.8. The Hall–Kier alpha value is -1.13. The molecule has 0 aliphatic carbocycles. The van der Waals surface area contributed by atoms with Crippen LogP contribution in [0.1, 0.15) is 362 Å². The molecule has 0 aromatic heterocycles. The van der Waals surface area contributed by atoms with E-state index in [1.54, 1.807) is 0 Å². The van der Waals surface area contributed by atoms with Crippen molar-refractivity contribution in [3.63, 3.8) is 0 Å². The van der Waals surface area contributed by atoms with Gasteiger partial charge in [0.2, 0.25) is 0 Å². The topological polar surface area (TPSA) is 69.2 Å². The van der Waals surface area contributed by atoms with Gasteiger partial charge >= 0.3 is 5.84 Å². The zero-order chi connectivity index (χ0) is 46.7. The second-order valence-electron chi connectivity index (χ2n) is 21.0. The fraction of sp³-hybridized carbons (Fsp3) is 0.983. The second-order valence-corrected chi connectivity index (χ2v) is 21.0. The highest BCUT2D eigenvalue weighted by Gasteiger charge is 2.37. The van der Waals surface area contributed by atoms with E-state index >= 15 is 0 Å². The van der Waals surface area contributed by atoms with Gasteiger partial charge in [0.25, 0.3) is 0 Å². The molecule has 5 nitrogen and oxygen atoms in total. The average molecular weight is 904 g/mol. The third-order valence-electron chi connectivity index (χ3n) is 14.7. The molecule has 5 heteroatoms. The Morgan fingerprint density at radius 2 is 0.453 bits per heavy atom. The van der Waals surface area contributed by atoms with Crippen molar-refractivity contribution in [2.24, 2.45) is 5.92 Å². The number of hydrogen-bond donors (Lipinski definition) is 0. The fourth-order valence-corrected chi connectivity index (χ4v) is 10.3. The molecule has 0 aromatic rings. The maximum absolute atomic E-state index is 14.5. The Balaban J connectivity index is 5.40. The number of amidine groups is 1. The van der Waals surface area contributed by atoms with E-state index in [1.807, 2.05) is 0 Å². The van der Waals surface area contributed by atoms with Gasteiger partial charge in [-0.25, -0.2) is 0 Å². The van der Waals surface area contributed by atoms with Crippen LogP contribution in [0.3, 0.4) is 0 Å². The zero-order valence-electron chi connectivity index (χ0n) is 44.5. The van der Waals surface area contributed by atoms with Crippen molar-refractivity contribution in [2.75, 3.05) is 0 Å². The number of nitro groups is 1. The van der Waals surface area contributed by atoms with Crippen molar-refractivity contribution in [3.05, 3.63) is 15.3 Å². The zero-order valence-corrected chi connectivity index (χ0v) is 44.5. The largest absolute Gasteiger partial charge is 0.619 e. The van der Waals surface area contributed by atoms with E-state index in [2.05, 4.69) is 27.7 Å². The Morgan fingerprint density at radius 3 is 0.641 bits per heavy atom. The van der Waals surface area contributed by atoms with Crippen molar-refractivity contribution in [1.29, 1.82) is 0 Å². The summed E-state index contributed by atoms with van der Waals surface area (Å²) in [6.45, 7) is 9.14. The first-order chi connectivity index (χ1) is 31.5. The third kappa shape index (κ3) is 43.4. The van der Waals surface area contributed by atoms with Crippen molar-refractivity contribution in [1.82, 2.24) is 0 Å². The second kappa shape index (κ2) is 52.8. The van der Waals surface area contributed by atoms with Gasteiger partial charge in [0.05, 0.1) is 0 Å². The van der Waals surface area contributed by atoms with Gasteiger partial charge in [0, 0.05) is 12.8 Å². The monoisotopic (exact) mass is 903 g/mol. The summed E-state index contributed by atoms with van der Waals surface area (Å²) in [5.74, 6) is -0.195. The highest BCUT2D eigenvalue weighted by atomic mass is 16.6. The molecule has 0 amide bonds. The van der Waals surface area contributed by atoms with Crippen LogP contribution in [0.5, 0.6) is 0 Å². The van der Waals surface area contributed by atoms with Gasteiger partial charge in [-0.3, -0.25) is 10.1 Å². The molecule has 0 rings (SSSR count). The summed E-state index contributed by atoms with van der Waals surface area (Å²) in [6.07, 6.45) is 65.4. The van der Waals surface area contributed by atoms with Gasteiger partial charge in [-0.2, -0.15) is 0 Å². The summed E-state index contributed by atoms with van der Waals surface area (Å²) in [5.41, 5.74) is 0. The average Bonchev–Trinajstić information content (AvgIpc) is 3.29. The normalized spacial score (nSPS) is 13.1. The van der Waals surface area contributed by atoms with Crippen LogP contribution < -0.4 is 0 Å². The predicted octanol–water partition coefficient (Wildman–Crippen LogP) is 21.5. The van der Waals surface area contributed by atoms with Crippen molar-refractivity contribution in [3.8, 4) is 0 Å². The standard InChI is InChI=1S/C59H118N2O3/c1-5-9-13-17-21-25-29-32-33-35-38-42-46-50-54-57(53-49-45-41-37-34-30-26-22-18-14-10-6-2)59(61(63)64)60(62)58(55-51-47-43-39-28-24-20-16-12-8-4)56-52-48-44-40-36-31-27-23-19-15-11-7-3/h57-58H,5-56H2,1-4H3. The van der Waals surface area contributed by atoms with Gasteiger partial charge in [-0.05, 0) is 25.7 Å². The van der Waals surface area contributed by atoms with Crippen LogP contribution in [0.4, 0.5) is 0 Å². The molecule has 0 spiro atoms. The van der Waals surface area contributed by atoms with Crippen LogP contribution in [0.2, 0.25) is 0 Å². The molecule has 0 radical (unpaired) electrons. The molecule has 0 saturated heterocycles. The number of unbranched alkanes of at least 4 members (excludes halogenated alkanes) is 44. The van der Waals surface area contributed by atoms with E-state index in [-0.39, 0.29) is 22.7 Å². The molecular weight excluding hydrogens is 785 g/mol. The van der Waals surface area contributed by atoms with E-state index in [1.165, 1.54) is 257 Å². The molecule has 2 unspecified atom stereocenters. The predicted molar refractivity (Wildman–Crippen MR) is 286 cm³/mol. The van der Waals surface area contributed by atoms with Crippen molar-refractivity contribution >= 4 is 5.84 Å². The number of hydrogen-bond acceptors (Lipinski definition) is 3. The maximum Gasteiger partial charge on any atom is 0.485 e. The van der Waals surface area contributed by atoms with Crippen LogP contribution in [0.15, 0.2) is 0 Å². The SMILES string of the molecule is CCCCCCCCCCCCCCCCC(CCCCCCCCCCCCCC)C([N+](=O)[O-])=[N+]([O-])C(CCCCCCCCCCCC)CCCCCCCCCCCCCC. The minimum Gasteiger partial charge on any atom is -0.619 e.